The average molecular weight is 400 g/mol. The van der Waals surface area contributed by atoms with Crippen molar-refractivity contribution >= 4 is 11.3 Å². The number of nitrogens with zero attached hydrogens (tertiary/aromatic N) is 3. The van der Waals surface area contributed by atoms with E-state index in [1.165, 1.54) is 30.7 Å². The molecule has 2 saturated heterocycles. The number of benzene rings is 1. The average Bonchev–Trinajstić information content (AvgIpc) is 3.43. The van der Waals surface area contributed by atoms with Crippen LogP contribution in [0, 0.1) is 17.1 Å². The summed E-state index contributed by atoms with van der Waals surface area (Å²) in [6.07, 6.45) is 4.84. The Labute approximate surface area is 170 Å². The number of likely N-dealkylation sites (tertiary alicyclic amines) is 1. The Morgan fingerprint density at radius 3 is 2.79 bits per heavy atom. The highest BCUT2D eigenvalue weighted by molar-refractivity contribution is 7.16. The Kier molecular flexibility index (Phi) is 6.07. The Balaban J connectivity index is 1.37. The Morgan fingerprint density at radius 2 is 2.07 bits per heavy atom. The molecule has 2 aliphatic heterocycles. The van der Waals surface area contributed by atoms with Crippen molar-refractivity contribution in [3.63, 3.8) is 0 Å². The van der Waals surface area contributed by atoms with Crippen molar-refractivity contribution in [3.05, 3.63) is 46.6 Å². The van der Waals surface area contributed by atoms with E-state index in [2.05, 4.69) is 23.0 Å². The van der Waals surface area contributed by atoms with Gasteiger partial charge in [0.1, 0.15) is 16.8 Å². The summed E-state index contributed by atoms with van der Waals surface area (Å²) in [7, 11) is 0. The van der Waals surface area contributed by atoms with Gasteiger partial charge in [0.05, 0.1) is 6.61 Å². The first-order valence-corrected chi connectivity index (χ1v) is 10.9. The normalized spacial score (nSPS) is 23.3. The van der Waals surface area contributed by atoms with E-state index in [1.807, 2.05) is 12.1 Å². The molecule has 2 aromatic rings. The van der Waals surface area contributed by atoms with Crippen LogP contribution in [0.1, 0.15) is 43.0 Å². The van der Waals surface area contributed by atoms with Gasteiger partial charge in [0.2, 0.25) is 0 Å². The first-order chi connectivity index (χ1) is 13.6. The molecule has 0 aliphatic carbocycles. The predicted molar refractivity (Wildman–Crippen MR) is 109 cm³/mol. The van der Waals surface area contributed by atoms with Crippen LogP contribution in [0.25, 0.3) is 10.4 Å². The van der Waals surface area contributed by atoms with Crippen molar-refractivity contribution in [2.45, 2.75) is 51.3 Å². The first kappa shape index (κ1) is 19.5. The second kappa shape index (κ2) is 8.71. The van der Waals surface area contributed by atoms with Crippen molar-refractivity contribution in [3.8, 4) is 16.5 Å². The lowest BCUT2D eigenvalue weighted by molar-refractivity contribution is -0.182. The topological polar surface area (TPSA) is 39.5 Å². The second-order valence-electron chi connectivity index (χ2n) is 7.78. The molecule has 1 aromatic carbocycles. The molecule has 0 spiro atoms. The third-order valence-corrected chi connectivity index (χ3v) is 6.94. The molecule has 1 aromatic heterocycles. The molecule has 28 heavy (non-hydrogen) atoms. The van der Waals surface area contributed by atoms with Gasteiger partial charge in [-0.2, -0.15) is 10.3 Å². The van der Waals surface area contributed by atoms with Gasteiger partial charge in [-0.15, -0.1) is 11.3 Å². The van der Waals surface area contributed by atoms with E-state index >= 15 is 0 Å². The van der Waals surface area contributed by atoms with Crippen LogP contribution in [-0.4, -0.2) is 41.7 Å². The SMILES string of the molecule is CC1CCCN1CC1CCCN1OCc1ccc(-c2ccc(C#N)s2)cc1F. The van der Waals surface area contributed by atoms with Crippen LogP contribution < -0.4 is 0 Å². The van der Waals surface area contributed by atoms with Gasteiger partial charge in [-0.25, -0.2) is 4.39 Å². The molecule has 0 radical (unpaired) electrons. The Morgan fingerprint density at radius 1 is 1.21 bits per heavy atom. The molecule has 2 fully saturated rings. The smallest absolute Gasteiger partial charge is 0.129 e. The van der Waals surface area contributed by atoms with Gasteiger partial charge in [-0.05, 0) is 62.9 Å². The van der Waals surface area contributed by atoms with Crippen LogP contribution in [0.4, 0.5) is 4.39 Å². The van der Waals surface area contributed by atoms with Crippen LogP contribution in [-0.2, 0) is 11.4 Å². The zero-order valence-electron chi connectivity index (χ0n) is 16.2. The first-order valence-electron chi connectivity index (χ1n) is 10.1. The van der Waals surface area contributed by atoms with Crippen LogP contribution >= 0.6 is 11.3 Å². The van der Waals surface area contributed by atoms with Crippen molar-refractivity contribution in [1.82, 2.24) is 9.96 Å². The molecular weight excluding hydrogens is 373 g/mol. The number of hydroxylamine groups is 2. The minimum atomic E-state index is -0.256. The lowest BCUT2D eigenvalue weighted by Gasteiger charge is -2.30. The van der Waals surface area contributed by atoms with E-state index in [-0.39, 0.29) is 12.4 Å². The van der Waals surface area contributed by atoms with Crippen molar-refractivity contribution in [2.24, 2.45) is 0 Å². The summed E-state index contributed by atoms with van der Waals surface area (Å²) in [4.78, 5) is 10.1. The Bertz CT molecular complexity index is 862. The molecule has 3 heterocycles. The maximum absolute atomic E-state index is 14.6. The number of nitriles is 1. The van der Waals surface area contributed by atoms with Gasteiger partial charge in [0, 0.05) is 35.6 Å². The summed E-state index contributed by atoms with van der Waals surface area (Å²) in [5.41, 5.74) is 1.37. The second-order valence-corrected chi connectivity index (χ2v) is 8.86. The van der Waals surface area contributed by atoms with Crippen molar-refractivity contribution < 1.29 is 9.23 Å². The molecular formula is C22H26FN3OS. The zero-order chi connectivity index (χ0) is 19.5. The molecule has 2 aliphatic rings. The van der Waals surface area contributed by atoms with E-state index < -0.39 is 0 Å². The van der Waals surface area contributed by atoms with Crippen LogP contribution in [0.15, 0.2) is 30.3 Å². The standard InChI is InChI=1S/C22H26FN3OS/c1-16-4-2-10-25(16)14-19-5-3-11-26(19)27-15-18-7-6-17(12-21(18)23)22-9-8-20(13-24)28-22/h6-9,12,16,19H,2-5,10-11,14-15H2,1H3. The summed E-state index contributed by atoms with van der Waals surface area (Å²) in [5, 5.41) is 11.0. The number of rotatable bonds is 6. The largest absolute Gasteiger partial charge is 0.299 e. The molecule has 0 N–H and O–H groups in total. The molecule has 2 atom stereocenters. The monoisotopic (exact) mass is 399 g/mol. The van der Waals surface area contributed by atoms with Crippen molar-refractivity contribution in [2.75, 3.05) is 19.6 Å². The summed E-state index contributed by atoms with van der Waals surface area (Å²) >= 11 is 1.38. The maximum Gasteiger partial charge on any atom is 0.129 e. The van der Waals surface area contributed by atoms with Crippen LogP contribution in [0.5, 0.6) is 0 Å². The third kappa shape index (κ3) is 4.28. The van der Waals surface area contributed by atoms with Gasteiger partial charge in [-0.3, -0.25) is 9.74 Å². The number of halogens is 1. The van der Waals surface area contributed by atoms with E-state index in [1.54, 1.807) is 18.2 Å². The number of hydrogen-bond acceptors (Lipinski definition) is 5. The zero-order valence-corrected chi connectivity index (χ0v) is 17.1. The third-order valence-electron chi connectivity index (χ3n) is 5.90. The predicted octanol–water partition coefficient (Wildman–Crippen LogP) is 4.81. The number of thiophene rings is 1. The molecule has 0 bridgehead atoms. The van der Waals surface area contributed by atoms with Crippen LogP contribution in [0.2, 0.25) is 0 Å². The molecule has 148 valence electrons. The minimum absolute atomic E-state index is 0.256. The van der Waals surface area contributed by atoms with Gasteiger partial charge in [0.25, 0.3) is 0 Å². The molecule has 4 nitrogen and oxygen atoms in total. The van der Waals surface area contributed by atoms with E-state index in [4.69, 9.17) is 10.1 Å². The summed E-state index contributed by atoms with van der Waals surface area (Å²) in [5.74, 6) is -0.256. The lowest BCUT2D eigenvalue weighted by atomic mass is 10.1. The summed E-state index contributed by atoms with van der Waals surface area (Å²) in [6.45, 7) is 5.70. The molecule has 4 rings (SSSR count). The minimum Gasteiger partial charge on any atom is -0.299 e. The quantitative estimate of drug-likeness (QED) is 0.699. The Hall–Kier alpha value is -1.78. The molecule has 0 amide bonds. The van der Waals surface area contributed by atoms with E-state index in [0.717, 1.165) is 36.4 Å². The number of hydrogen-bond donors (Lipinski definition) is 0. The highest BCUT2D eigenvalue weighted by Crippen LogP contribution is 2.30. The van der Waals surface area contributed by atoms with E-state index in [9.17, 15) is 4.39 Å². The van der Waals surface area contributed by atoms with Crippen molar-refractivity contribution in [1.29, 1.82) is 5.26 Å². The fourth-order valence-electron chi connectivity index (χ4n) is 4.22. The van der Waals surface area contributed by atoms with Gasteiger partial charge in [0.15, 0.2) is 0 Å². The van der Waals surface area contributed by atoms with Gasteiger partial charge >= 0.3 is 0 Å². The van der Waals surface area contributed by atoms with Gasteiger partial charge < -0.3 is 0 Å². The maximum atomic E-state index is 14.6. The molecule has 6 heteroatoms. The molecule has 2 unspecified atom stereocenters. The summed E-state index contributed by atoms with van der Waals surface area (Å²) < 4.78 is 14.6. The van der Waals surface area contributed by atoms with Crippen LogP contribution in [0.3, 0.4) is 0 Å². The molecule has 0 saturated carbocycles. The summed E-state index contributed by atoms with van der Waals surface area (Å²) in [6, 6.07) is 12.1. The van der Waals surface area contributed by atoms with Gasteiger partial charge in [-0.1, -0.05) is 12.1 Å². The highest BCUT2D eigenvalue weighted by Gasteiger charge is 2.30. The lowest BCUT2D eigenvalue weighted by Crippen LogP contribution is -2.41. The fourth-order valence-corrected chi connectivity index (χ4v) is 5.02. The fraction of sp³-hybridized carbons (Fsp3) is 0.500. The highest BCUT2D eigenvalue weighted by atomic mass is 32.1. The van der Waals surface area contributed by atoms with E-state index in [0.29, 0.717) is 22.5 Å².